The number of fused-ring (bicyclic) bond motifs is 3. The minimum atomic E-state index is -2.77. The molecule has 2 amide bonds. The van der Waals surface area contributed by atoms with Gasteiger partial charge in [0.15, 0.2) is 11.4 Å². The summed E-state index contributed by atoms with van der Waals surface area (Å²) in [6.45, 7) is 0. The summed E-state index contributed by atoms with van der Waals surface area (Å²) < 4.78 is 9.82. The number of benzene rings is 2. The molecule has 3 aliphatic rings. The average Bonchev–Trinajstić information content (AvgIpc) is 3.57. The molecule has 15 heteroatoms. The van der Waals surface area contributed by atoms with Crippen LogP contribution in [0.25, 0.3) is 16.9 Å². The van der Waals surface area contributed by atoms with Crippen LogP contribution in [0, 0.1) is 11.8 Å². The van der Waals surface area contributed by atoms with Crippen molar-refractivity contribution >= 4 is 40.8 Å². The number of nitrogens with two attached hydrogens (primary N) is 1. The first kappa shape index (κ1) is 32.2. The molecule has 248 valence electrons. The Labute approximate surface area is 271 Å². The van der Waals surface area contributed by atoms with E-state index in [1.807, 2.05) is 0 Å². The number of phenolic OH excluding ortho intramolecular Hbond substituents is 1. The van der Waals surface area contributed by atoms with Gasteiger partial charge in [0.1, 0.15) is 22.8 Å². The van der Waals surface area contributed by atoms with E-state index in [2.05, 4.69) is 10.5 Å². The average molecular weight is 659 g/mol. The Morgan fingerprint density at radius 1 is 1.10 bits per heavy atom. The molecule has 0 aliphatic heterocycles. The third kappa shape index (κ3) is 4.74. The zero-order valence-corrected chi connectivity index (χ0v) is 25.8. The highest BCUT2D eigenvalue weighted by atomic mass is 16.5. The number of phenols is 1. The SMILES string of the molecule is COC(=O)c1cc(NC(=O)c2ccno2)cc(-c2ccc(O)c3c2C[C@H]2C[C@@H]4[C@H](N(C)C)C(=O)C(C(N)=O)=C(O)[C@@]4(O)C(=O)C2=C3O)c1. The number of carbonyl (C=O) groups excluding carboxylic acids is 5. The van der Waals surface area contributed by atoms with Gasteiger partial charge in [-0.25, -0.2) is 4.79 Å². The fraction of sp³-hybridized carbons (Fsp3) is 0.273. The summed E-state index contributed by atoms with van der Waals surface area (Å²) in [5.74, 6) is -9.15. The van der Waals surface area contributed by atoms with Crippen LogP contribution in [0.3, 0.4) is 0 Å². The number of esters is 1. The lowest BCUT2D eigenvalue weighted by molar-refractivity contribution is -0.153. The second-order valence-electron chi connectivity index (χ2n) is 12.1. The Kier molecular flexibility index (Phi) is 7.68. The van der Waals surface area contributed by atoms with E-state index in [-0.39, 0.29) is 41.0 Å². The number of carbonyl (C=O) groups is 5. The number of aliphatic hydroxyl groups excluding tert-OH is 2. The summed E-state index contributed by atoms with van der Waals surface area (Å²) in [7, 11) is 4.21. The molecule has 3 aliphatic carbocycles. The maximum Gasteiger partial charge on any atom is 0.337 e. The molecular formula is C33H30N4O11. The molecule has 0 saturated heterocycles. The number of aromatic nitrogens is 1. The molecule has 0 bridgehead atoms. The lowest BCUT2D eigenvalue weighted by Gasteiger charge is -2.50. The van der Waals surface area contributed by atoms with Crippen molar-refractivity contribution in [2.24, 2.45) is 17.6 Å². The van der Waals surface area contributed by atoms with E-state index >= 15 is 0 Å². The van der Waals surface area contributed by atoms with Gasteiger partial charge in [-0.15, -0.1) is 0 Å². The molecule has 7 N–H and O–H groups in total. The van der Waals surface area contributed by atoms with Crippen LogP contribution in [-0.4, -0.2) is 92.7 Å². The van der Waals surface area contributed by atoms with Gasteiger partial charge in [-0.05, 0) is 73.8 Å². The van der Waals surface area contributed by atoms with Gasteiger partial charge in [-0.2, -0.15) is 0 Å². The van der Waals surface area contributed by atoms with Crippen LogP contribution in [-0.2, 0) is 25.5 Å². The second-order valence-corrected chi connectivity index (χ2v) is 12.1. The van der Waals surface area contributed by atoms with Crippen molar-refractivity contribution in [1.29, 1.82) is 0 Å². The van der Waals surface area contributed by atoms with Gasteiger partial charge in [0.25, 0.3) is 11.8 Å². The topological polar surface area (TPSA) is 243 Å². The number of aromatic hydroxyl groups is 1. The Morgan fingerprint density at radius 3 is 2.46 bits per heavy atom. The predicted octanol–water partition coefficient (Wildman–Crippen LogP) is 1.66. The number of primary amides is 1. The smallest absolute Gasteiger partial charge is 0.337 e. The van der Waals surface area contributed by atoms with E-state index in [9.17, 15) is 44.4 Å². The van der Waals surface area contributed by atoms with Crippen molar-refractivity contribution in [2.45, 2.75) is 24.5 Å². The van der Waals surface area contributed by atoms with Crippen LogP contribution in [0.2, 0.25) is 0 Å². The highest BCUT2D eigenvalue weighted by Crippen LogP contribution is 2.53. The molecular weight excluding hydrogens is 628 g/mol. The van der Waals surface area contributed by atoms with Gasteiger partial charge in [0.05, 0.1) is 30.5 Å². The highest BCUT2D eigenvalue weighted by Gasteiger charge is 2.64. The molecule has 6 rings (SSSR count). The number of anilines is 1. The summed E-state index contributed by atoms with van der Waals surface area (Å²) in [4.78, 5) is 66.5. The van der Waals surface area contributed by atoms with Gasteiger partial charge >= 0.3 is 5.97 Å². The van der Waals surface area contributed by atoms with Crippen LogP contribution in [0.4, 0.5) is 5.69 Å². The first-order chi connectivity index (χ1) is 22.7. The zero-order chi connectivity index (χ0) is 34.8. The van der Waals surface area contributed by atoms with Crippen LogP contribution in [0.5, 0.6) is 5.75 Å². The first-order valence-corrected chi connectivity index (χ1v) is 14.7. The first-order valence-electron chi connectivity index (χ1n) is 14.7. The maximum absolute atomic E-state index is 14.1. The Balaban J connectivity index is 1.51. The lowest BCUT2D eigenvalue weighted by Crippen LogP contribution is -2.65. The number of amides is 2. The van der Waals surface area contributed by atoms with Crippen molar-refractivity contribution in [3.63, 3.8) is 0 Å². The van der Waals surface area contributed by atoms with Crippen molar-refractivity contribution in [2.75, 3.05) is 26.5 Å². The van der Waals surface area contributed by atoms with Crippen LogP contribution in [0.1, 0.15) is 38.5 Å². The van der Waals surface area contributed by atoms with E-state index in [1.165, 1.54) is 62.6 Å². The van der Waals surface area contributed by atoms with Crippen molar-refractivity contribution < 1.29 is 53.7 Å². The van der Waals surface area contributed by atoms with Crippen LogP contribution >= 0.6 is 0 Å². The Hall–Kier alpha value is -5.80. The van der Waals surface area contributed by atoms with Gasteiger partial charge in [0.2, 0.25) is 11.5 Å². The predicted molar refractivity (Wildman–Crippen MR) is 165 cm³/mol. The number of nitrogens with one attached hydrogen (secondary N) is 1. The quantitative estimate of drug-likeness (QED) is 0.163. The van der Waals surface area contributed by atoms with Gasteiger partial charge in [-0.1, -0.05) is 11.2 Å². The third-order valence-electron chi connectivity index (χ3n) is 9.19. The van der Waals surface area contributed by atoms with Crippen LogP contribution in [0.15, 0.2) is 64.0 Å². The van der Waals surface area contributed by atoms with Crippen molar-refractivity contribution in [1.82, 2.24) is 10.1 Å². The molecule has 0 radical (unpaired) electrons. The van der Waals surface area contributed by atoms with E-state index < -0.39 is 75.7 Å². The fourth-order valence-electron chi connectivity index (χ4n) is 7.13. The van der Waals surface area contributed by atoms with Crippen LogP contribution < -0.4 is 11.1 Å². The van der Waals surface area contributed by atoms with E-state index in [0.29, 0.717) is 16.7 Å². The number of nitrogens with zero attached hydrogens (tertiary/aromatic N) is 2. The summed E-state index contributed by atoms with van der Waals surface area (Å²) in [5.41, 5.74) is 2.61. The lowest BCUT2D eigenvalue weighted by atomic mass is 9.57. The number of methoxy groups -OCH3 is 1. The summed E-state index contributed by atoms with van der Waals surface area (Å²) >= 11 is 0. The van der Waals surface area contributed by atoms with Crippen molar-refractivity contribution in [3.05, 3.63) is 82.0 Å². The van der Waals surface area contributed by atoms with Gasteiger partial charge in [0, 0.05) is 23.2 Å². The van der Waals surface area contributed by atoms with Gasteiger partial charge in [-0.3, -0.25) is 24.1 Å². The van der Waals surface area contributed by atoms with E-state index in [4.69, 9.17) is 15.0 Å². The number of hydrogen-bond donors (Lipinski definition) is 6. The number of ketones is 2. The monoisotopic (exact) mass is 658 g/mol. The third-order valence-corrected chi connectivity index (χ3v) is 9.19. The molecule has 1 aromatic heterocycles. The molecule has 0 unspecified atom stereocenters. The number of likely N-dealkylation sites (N-methyl/N-ethyl adjacent to an activating group) is 1. The molecule has 48 heavy (non-hydrogen) atoms. The Bertz CT molecular complexity index is 2000. The summed E-state index contributed by atoms with van der Waals surface area (Å²) in [6.07, 6.45) is 1.18. The minimum Gasteiger partial charge on any atom is -0.508 e. The molecule has 1 heterocycles. The van der Waals surface area contributed by atoms with Gasteiger partial charge < -0.3 is 40.7 Å². The standard InChI is InChI=1S/C33H30N4O11/c1-37(2)25-19-12-14-11-18-17(13-8-15(32(45)47-3)10-16(9-13)36-31(44)21-6-7-35-48-21)4-5-20(38)23(18)26(39)22(14)28(41)33(19,46)29(42)24(27(25)40)30(34)43/h4-10,14,19,25,38-39,42,46H,11-12H2,1-3H3,(H2,34,43)(H,36,44)/t14-,19+,25-,33-/m0/s1. The molecule has 1 fully saturated rings. The summed E-state index contributed by atoms with van der Waals surface area (Å²) in [6, 6.07) is 7.32. The molecule has 2 aromatic carbocycles. The number of aliphatic hydroxyl groups is 3. The van der Waals surface area contributed by atoms with Crippen molar-refractivity contribution in [3.8, 4) is 16.9 Å². The molecule has 0 spiro atoms. The minimum absolute atomic E-state index is 0.000477. The molecule has 15 nitrogen and oxygen atoms in total. The number of hydrogen-bond acceptors (Lipinski definition) is 13. The highest BCUT2D eigenvalue weighted by molar-refractivity contribution is 6.24. The Morgan fingerprint density at radius 2 is 1.83 bits per heavy atom. The largest absolute Gasteiger partial charge is 0.508 e. The number of ether oxygens (including phenoxy) is 1. The normalized spacial score (nSPS) is 23.4. The fourth-order valence-corrected chi connectivity index (χ4v) is 7.13. The number of rotatable bonds is 6. The number of Topliss-reactive ketones (excluding diaryl/α,β-unsaturated/α-hetero) is 2. The summed E-state index contributed by atoms with van der Waals surface area (Å²) in [5, 5.41) is 51.6. The second kappa shape index (κ2) is 11.5. The van der Waals surface area contributed by atoms with E-state index in [1.54, 1.807) is 6.07 Å². The maximum atomic E-state index is 14.1. The zero-order valence-electron chi connectivity index (χ0n) is 25.8. The molecule has 4 atom stereocenters. The molecule has 3 aromatic rings. The van der Waals surface area contributed by atoms with E-state index in [0.717, 1.165) is 0 Å². The molecule has 1 saturated carbocycles.